The van der Waals surface area contributed by atoms with Gasteiger partial charge in [-0.3, -0.25) is 15.1 Å². The normalized spacial score (nSPS) is 10.8. The summed E-state index contributed by atoms with van der Waals surface area (Å²) in [5.41, 5.74) is 8.50. The molecule has 0 fully saturated rings. The summed E-state index contributed by atoms with van der Waals surface area (Å²) in [6.07, 6.45) is 3.34. The van der Waals surface area contributed by atoms with Crippen LogP contribution >= 0.6 is 0 Å². The lowest BCUT2D eigenvalue weighted by Gasteiger charge is -2.05. The third kappa shape index (κ3) is 1.76. The van der Waals surface area contributed by atoms with Crippen LogP contribution in [-0.4, -0.2) is 19.5 Å². The highest BCUT2D eigenvalue weighted by Crippen LogP contribution is 2.30. The summed E-state index contributed by atoms with van der Waals surface area (Å²) in [6.45, 7) is 0. The molecule has 0 unspecified atom stereocenters. The van der Waals surface area contributed by atoms with E-state index in [2.05, 4.69) is 9.97 Å². The van der Waals surface area contributed by atoms with E-state index in [4.69, 9.17) is 5.73 Å². The third-order valence-corrected chi connectivity index (χ3v) is 3.17. The smallest absolute Gasteiger partial charge is 0.270 e. The molecule has 0 aliphatic heterocycles. The molecule has 7 heteroatoms. The predicted molar refractivity (Wildman–Crippen MR) is 75.0 cm³/mol. The second-order valence-corrected chi connectivity index (χ2v) is 4.39. The fourth-order valence-corrected chi connectivity index (χ4v) is 2.13. The molecule has 3 aromatic rings. The standard InChI is InChI=1S/C13H11N5O2/c1-17-12-7-15-5-4-11(12)16-13(17)9-6-8(18(19)20)2-3-10(9)14/h2-7H,14H2,1H3. The first-order valence-electron chi connectivity index (χ1n) is 5.88. The molecule has 100 valence electrons. The monoisotopic (exact) mass is 269 g/mol. The molecule has 2 N–H and O–H groups in total. The number of non-ortho nitro benzene ring substituents is 1. The molecule has 2 heterocycles. The van der Waals surface area contributed by atoms with Crippen molar-refractivity contribution in [2.24, 2.45) is 7.05 Å². The zero-order chi connectivity index (χ0) is 14.3. The lowest BCUT2D eigenvalue weighted by atomic mass is 10.1. The van der Waals surface area contributed by atoms with Crippen molar-refractivity contribution in [2.45, 2.75) is 0 Å². The maximum absolute atomic E-state index is 10.9. The molecule has 20 heavy (non-hydrogen) atoms. The molecule has 0 saturated carbocycles. The van der Waals surface area contributed by atoms with Crippen molar-refractivity contribution in [3.8, 4) is 11.4 Å². The Bertz CT molecular complexity index is 825. The first kappa shape index (κ1) is 12.1. The number of pyridine rings is 1. The number of hydrogen-bond donors (Lipinski definition) is 1. The number of nitrogens with two attached hydrogens (primary N) is 1. The van der Waals surface area contributed by atoms with Gasteiger partial charge in [-0.15, -0.1) is 0 Å². The van der Waals surface area contributed by atoms with E-state index in [0.717, 1.165) is 11.0 Å². The van der Waals surface area contributed by atoms with Crippen LogP contribution in [0.1, 0.15) is 0 Å². The quantitative estimate of drug-likeness (QED) is 0.436. The van der Waals surface area contributed by atoms with E-state index in [1.807, 2.05) is 11.6 Å². The van der Waals surface area contributed by atoms with Crippen molar-refractivity contribution < 1.29 is 4.92 Å². The molecule has 1 aromatic carbocycles. The predicted octanol–water partition coefficient (Wildman–Crippen LogP) is 2.13. The summed E-state index contributed by atoms with van der Waals surface area (Å²) in [5, 5.41) is 10.9. The van der Waals surface area contributed by atoms with E-state index in [0.29, 0.717) is 17.1 Å². The van der Waals surface area contributed by atoms with Crippen LogP contribution in [0.4, 0.5) is 11.4 Å². The van der Waals surface area contributed by atoms with Gasteiger partial charge in [-0.05, 0) is 12.1 Å². The topological polar surface area (TPSA) is 99.9 Å². The Labute approximate surface area is 113 Å². The Morgan fingerprint density at radius 1 is 1.35 bits per heavy atom. The summed E-state index contributed by atoms with van der Waals surface area (Å²) >= 11 is 0. The average Bonchev–Trinajstić information content (AvgIpc) is 2.77. The molecule has 0 amide bonds. The Morgan fingerprint density at radius 3 is 2.85 bits per heavy atom. The summed E-state index contributed by atoms with van der Waals surface area (Å²) in [7, 11) is 1.82. The first-order chi connectivity index (χ1) is 9.58. The summed E-state index contributed by atoms with van der Waals surface area (Å²) in [6, 6.07) is 6.12. The largest absolute Gasteiger partial charge is 0.398 e. The van der Waals surface area contributed by atoms with Gasteiger partial charge in [-0.25, -0.2) is 4.98 Å². The SMILES string of the molecule is Cn1c(-c2cc([N+](=O)[O-])ccc2N)nc2ccncc21. The van der Waals surface area contributed by atoms with Gasteiger partial charge in [-0.2, -0.15) is 0 Å². The van der Waals surface area contributed by atoms with E-state index in [1.54, 1.807) is 18.5 Å². The van der Waals surface area contributed by atoms with E-state index >= 15 is 0 Å². The lowest BCUT2D eigenvalue weighted by molar-refractivity contribution is -0.384. The van der Waals surface area contributed by atoms with Gasteiger partial charge < -0.3 is 10.3 Å². The average molecular weight is 269 g/mol. The number of fused-ring (bicyclic) bond motifs is 1. The summed E-state index contributed by atoms with van der Waals surface area (Å²) in [5.74, 6) is 0.578. The molecule has 0 bridgehead atoms. The molecular formula is C13H11N5O2. The minimum Gasteiger partial charge on any atom is -0.398 e. The van der Waals surface area contributed by atoms with E-state index < -0.39 is 4.92 Å². The van der Waals surface area contributed by atoms with Crippen LogP contribution in [-0.2, 0) is 7.05 Å². The first-order valence-corrected chi connectivity index (χ1v) is 5.88. The fourth-order valence-electron chi connectivity index (χ4n) is 2.13. The molecular weight excluding hydrogens is 258 g/mol. The number of aryl methyl sites for hydroxylation is 1. The van der Waals surface area contributed by atoms with Crippen molar-refractivity contribution in [1.29, 1.82) is 0 Å². The molecule has 0 spiro atoms. The highest BCUT2D eigenvalue weighted by atomic mass is 16.6. The molecule has 2 aromatic heterocycles. The van der Waals surface area contributed by atoms with Gasteiger partial charge >= 0.3 is 0 Å². The van der Waals surface area contributed by atoms with E-state index in [9.17, 15) is 10.1 Å². The number of imidazole rings is 1. The number of hydrogen-bond acceptors (Lipinski definition) is 5. The zero-order valence-corrected chi connectivity index (χ0v) is 10.6. The minimum absolute atomic E-state index is 0.0145. The van der Waals surface area contributed by atoms with Crippen LogP contribution in [0.25, 0.3) is 22.4 Å². The van der Waals surface area contributed by atoms with Crippen LogP contribution in [0.5, 0.6) is 0 Å². The maximum Gasteiger partial charge on any atom is 0.270 e. The van der Waals surface area contributed by atoms with Crippen LogP contribution in [0.3, 0.4) is 0 Å². The lowest BCUT2D eigenvalue weighted by Crippen LogP contribution is -1.98. The van der Waals surface area contributed by atoms with Crippen LogP contribution in [0.15, 0.2) is 36.7 Å². The number of nitro benzene ring substituents is 1. The number of nitrogen functional groups attached to an aromatic ring is 1. The molecule has 0 aliphatic carbocycles. The Hall–Kier alpha value is -2.96. The number of aromatic nitrogens is 3. The van der Waals surface area contributed by atoms with Crippen LogP contribution < -0.4 is 5.73 Å². The maximum atomic E-state index is 10.9. The number of nitrogens with zero attached hydrogens (tertiary/aromatic N) is 4. The molecule has 0 atom stereocenters. The van der Waals surface area contributed by atoms with Crippen molar-refractivity contribution in [2.75, 3.05) is 5.73 Å². The van der Waals surface area contributed by atoms with Gasteiger partial charge in [0.15, 0.2) is 0 Å². The molecule has 0 saturated heterocycles. The van der Waals surface area contributed by atoms with Gasteiger partial charge in [0.05, 0.1) is 22.2 Å². The van der Waals surface area contributed by atoms with E-state index in [-0.39, 0.29) is 5.69 Å². The third-order valence-electron chi connectivity index (χ3n) is 3.17. The van der Waals surface area contributed by atoms with Crippen molar-refractivity contribution in [3.05, 3.63) is 46.8 Å². The Morgan fingerprint density at radius 2 is 2.15 bits per heavy atom. The number of benzene rings is 1. The second kappa shape index (κ2) is 4.30. The van der Waals surface area contributed by atoms with Gasteiger partial charge in [0.2, 0.25) is 0 Å². The highest BCUT2D eigenvalue weighted by Gasteiger charge is 2.16. The number of anilines is 1. The Balaban J connectivity index is 2.27. The fraction of sp³-hybridized carbons (Fsp3) is 0.0769. The van der Waals surface area contributed by atoms with Crippen molar-refractivity contribution >= 4 is 22.4 Å². The van der Waals surface area contributed by atoms with Gasteiger partial charge in [-0.1, -0.05) is 0 Å². The highest BCUT2D eigenvalue weighted by molar-refractivity contribution is 5.83. The second-order valence-electron chi connectivity index (χ2n) is 4.39. The molecule has 0 radical (unpaired) electrons. The molecule has 3 rings (SSSR count). The molecule has 0 aliphatic rings. The van der Waals surface area contributed by atoms with Crippen molar-refractivity contribution in [1.82, 2.24) is 14.5 Å². The van der Waals surface area contributed by atoms with Gasteiger partial charge in [0.1, 0.15) is 5.82 Å². The summed E-state index contributed by atoms with van der Waals surface area (Å²) in [4.78, 5) is 18.9. The van der Waals surface area contributed by atoms with Crippen molar-refractivity contribution in [3.63, 3.8) is 0 Å². The van der Waals surface area contributed by atoms with Gasteiger partial charge in [0, 0.05) is 36.6 Å². The minimum atomic E-state index is -0.451. The summed E-state index contributed by atoms with van der Waals surface area (Å²) < 4.78 is 1.82. The number of nitro groups is 1. The van der Waals surface area contributed by atoms with Gasteiger partial charge in [0.25, 0.3) is 5.69 Å². The van der Waals surface area contributed by atoms with Crippen LogP contribution in [0.2, 0.25) is 0 Å². The van der Waals surface area contributed by atoms with E-state index in [1.165, 1.54) is 18.2 Å². The Kier molecular flexibility index (Phi) is 2.60. The zero-order valence-electron chi connectivity index (χ0n) is 10.6. The number of rotatable bonds is 2. The molecule has 7 nitrogen and oxygen atoms in total. The van der Waals surface area contributed by atoms with Crippen LogP contribution in [0, 0.1) is 10.1 Å².